The van der Waals surface area contributed by atoms with Gasteiger partial charge in [0.15, 0.2) is 5.84 Å². The first-order chi connectivity index (χ1) is 13.3. The van der Waals surface area contributed by atoms with Crippen LogP contribution in [0.1, 0.15) is 47.0 Å². The summed E-state index contributed by atoms with van der Waals surface area (Å²) in [6.45, 7) is 6.75. The lowest BCUT2D eigenvalue weighted by atomic mass is 10.1. The zero-order valence-electron chi connectivity index (χ0n) is 17.7. The fourth-order valence-electron chi connectivity index (χ4n) is 2.06. The topological polar surface area (TPSA) is 161 Å². The minimum absolute atomic E-state index is 0.207. The number of carbonyl (C=O) groups excluding carboxylic acids is 2. The molecule has 11 nitrogen and oxygen atoms in total. The molecule has 0 saturated heterocycles. The number of nitrogens with zero attached hydrogens (tertiary/aromatic N) is 2. The van der Waals surface area contributed by atoms with Crippen molar-refractivity contribution in [1.29, 1.82) is 0 Å². The van der Waals surface area contributed by atoms with Gasteiger partial charge in [-0.05, 0) is 47.0 Å². The third-order valence-electron chi connectivity index (χ3n) is 3.50. The number of oxime groups is 1. The Morgan fingerprint density at radius 1 is 1.24 bits per heavy atom. The Morgan fingerprint density at radius 3 is 2.28 bits per heavy atom. The zero-order chi connectivity index (χ0) is 22.8. The van der Waals surface area contributed by atoms with E-state index >= 15 is 0 Å². The number of ether oxygens (including phenoxy) is 2. The molecule has 0 heterocycles. The van der Waals surface area contributed by atoms with Gasteiger partial charge in [0.25, 0.3) is 0 Å². The molecule has 0 aromatic carbocycles. The number of amidine groups is 1. The van der Waals surface area contributed by atoms with Crippen LogP contribution in [0.25, 0.3) is 0 Å². The summed E-state index contributed by atoms with van der Waals surface area (Å²) in [6.07, 6.45) is 0.645. The lowest BCUT2D eigenvalue weighted by Crippen LogP contribution is -2.47. The molecule has 4 N–H and O–H groups in total. The molecule has 0 aromatic rings. The van der Waals surface area contributed by atoms with Crippen LogP contribution in [0.3, 0.4) is 0 Å². The summed E-state index contributed by atoms with van der Waals surface area (Å²) in [6, 6.07) is -0.795. The number of carboxylic acids is 1. The summed E-state index contributed by atoms with van der Waals surface area (Å²) < 4.78 is 9.65. The SMILES string of the molecule is COC(=O)C=C(O/N=C(\N)C(CCCC(C)O)N(C)C(=O)OC(C)(C)C)C(=O)O. The highest BCUT2D eigenvalue weighted by atomic mass is 16.6. The molecule has 0 radical (unpaired) electrons. The summed E-state index contributed by atoms with van der Waals surface area (Å²) in [7, 11) is 2.52. The van der Waals surface area contributed by atoms with Gasteiger partial charge in [-0.3, -0.25) is 0 Å². The Bertz CT molecular complexity index is 638. The molecule has 0 aromatic heterocycles. The molecule has 0 saturated carbocycles. The Morgan fingerprint density at radius 2 is 1.83 bits per heavy atom. The number of methoxy groups -OCH3 is 1. The molecule has 1 amide bonds. The third-order valence-corrected chi connectivity index (χ3v) is 3.50. The number of rotatable bonds is 10. The van der Waals surface area contributed by atoms with Crippen molar-refractivity contribution < 1.29 is 38.9 Å². The zero-order valence-corrected chi connectivity index (χ0v) is 17.7. The first kappa shape index (κ1) is 26.2. The lowest BCUT2D eigenvalue weighted by molar-refractivity contribution is -0.139. The Balaban J connectivity index is 5.53. The maximum Gasteiger partial charge on any atom is 0.410 e. The molecule has 0 aliphatic heterocycles. The largest absolute Gasteiger partial charge is 0.475 e. The average molecular weight is 417 g/mol. The predicted octanol–water partition coefficient (Wildman–Crippen LogP) is 1.20. The highest BCUT2D eigenvalue weighted by molar-refractivity contribution is 5.94. The molecular formula is C18H31N3O8. The Hall–Kier alpha value is -2.82. The van der Waals surface area contributed by atoms with Crippen molar-refractivity contribution in [2.75, 3.05) is 14.2 Å². The van der Waals surface area contributed by atoms with Crippen molar-refractivity contribution in [3.63, 3.8) is 0 Å². The normalized spacial score (nSPS) is 14.6. The van der Waals surface area contributed by atoms with Gasteiger partial charge in [-0.2, -0.15) is 0 Å². The molecule has 0 rings (SSSR count). The van der Waals surface area contributed by atoms with Crippen LogP contribution in [0.4, 0.5) is 4.79 Å². The standard InChI is InChI=1S/C18H31N3O8/c1-11(22)8-7-9-12(21(5)17(26)28-18(2,3)4)15(19)20-29-13(16(24)25)10-14(23)27-6/h10-12,22H,7-9H2,1-6H3,(H2,19,20)(H,24,25). The number of hydrogen-bond donors (Lipinski definition) is 3. The van der Waals surface area contributed by atoms with Gasteiger partial charge in [-0.1, -0.05) is 5.16 Å². The van der Waals surface area contributed by atoms with E-state index in [2.05, 4.69) is 9.89 Å². The van der Waals surface area contributed by atoms with E-state index in [9.17, 15) is 19.5 Å². The van der Waals surface area contributed by atoms with Crippen molar-refractivity contribution in [2.24, 2.45) is 10.9 Å². The summed E-state index contributed by atoms with van der Waals surface area (Å²) in [5, 5.41) is 22.1. The van der Waals surface area contributed by atoms with Crippen LogP contribution in [0.15, 0.2) is 17.0 Å². The molecule has 29 heavy (non-hydrogen) atoms. The number of nitrogens with two attached hydrogens (primary N) is 1. The van der Waals surface area contributed by atoms with Crippen molar-refractivity contribution in [3.05, 3.63) is 11.8 Å². The number of hydrogen-bond acceptors (Lipinski definition) is 8. The number of aliphatic hydroxyl groups is 1. The number of aliphatic hydroxyl groups excluding tert-OH is 1. The minimum Gasteiger partial charge on any atom is -0.475 e. The second-order valence-electron chi connectivity index (χ2n) is 7.33. The highest BCUT2D eigenvalue weighted by Crippen LogP contribution is 2.15. The number of esters is 1. The van der Waals surface area contributed by atoms with Crippen molar-refractivity contribution >= 4 is 23.9 Å². The molecule has 0 spiro atoms. The quantitative estimate of drug-likeness (QED) is 0.118. The van der Waals surface area contributed by atoms with Crippen LogP contribution < -0.4 is 5.73 Å². The maximum absolute atomic E-state index is 12.4. The van der Waals surface area contributed by atoms with Crippen LogP contribution in [0, 0.1) is 0 Å². The number of likely N-dealkylation sites (N-methyl/N-ethyl adjacent to an activating group) is 1. The Labute approximate surface area is 170 Å². The molecule has 2 atom stereocenters. The van der Waals surface area contributed by atoms with Gasteiger partial charge >= 0.3 is 18.0 Å². The number of carboxylic acid groups (broad SMARTS) is 1. The van der Waals surface area contributed by atoms with Crippen LogP contribution in [-0.4, -0.2) is 70.9 Å². The first-order valence-corrected chi connectivity index (χ1v) is 8.95. The van der Waals surface area contributed by atoms with Gasteiger partial charge in [0.2, 0.25) is 5.76 Å². The van der Waals surface area contributed by atoms with E-state index in [-0.39, 0.29) is 5.84 Å². The van der Waals surface area contributed by atoms with Gasteiger partial charge in [-0.15, -0.1) is 0 Å². The predicted molar refractivity (Wildman–Crippen MR) is 104 cm³/mol. The van der Waals surface area contributed by atoms with Crippen molar-refractivity contribution in [2.45, 2.75) is 64.7 Å². The Kier molecular flexibility index (Phi) is 10.7. The monoisotopic (exact) mass is 417 g/mol. The van der Waals surface area contributed by atoms with Crippen molar-refractivity contribution in [3.8, 4) is 0 Å². The molecule has 0 aliphatic carbocycles. The van der Waals surface area contributed by atoms with E-state index < -0.39 is 41.5 Å². The number of amides is 1. The van der Waals surface area contributed by atoms with Crippen LogP contribution in [0.5, 0.6) is 0 Å². The fraction of sp³-hybridized carbons (Fsp3) is 0.667. The first-order valence-electron chi connectivity index (χ1n) is 8.95. The molecule has 0 bridgehead atoms. The van der Waals surface area contributed by atoms with E-state index in [1.165, 1.54) is 11.9 Å². The lowest BCUT2D eigenvalue weighted by Gasteiger charge is -2.30. The van der Waals surface area contributed by atoms with Gasteiger partial charge in [0.05, 0.1) is 25.3 Å². The molecule has 0 fully saturated rings. The molecule has 166 valence electrons. The van der Waals surface area contributed by atoms with Crippen molar-refractivity contribution in [1.82, 2.24) is 4.90 Å². The summed E-state index contributed by atoms with van der Waals surface area (Å²) >= 11 is 0. The van der Waals surface area contributed by atoms with Gasteiger partial charge in [-0.25, -0.2) is 14.4 Å². The number of aliphatic carboxylic acids is 1. The van der Waals surface area contributed by atoms with E-state index in [0.717, 1.165) is 7.11 Å². The average Bonchev–Trinajstić information content (AvgIpc) is 2.59. The summed E-state index contributed by atoms with van der Waals surface area (Å²) in [4.78, 5) is 40.7. The molecule has 0 aliphatic rings. The molecule has 11 heteroatoms. The summed E-state index contributed by atoms with van der Waals surface area (Å²) in [5.74, 6) is -3.52. The highest BCUT2D eigenvalue weighted by Gasteiger charge is 2.28. The second-order valence-corrected chi connectivity index (χ2v) is 7.33. The van der Waals surface area contributed by atoms with Crippen LogP contribution >= 0.6 is 0 Å². The van der Waals surface area contributed by atoms with Gasteiger partial charge < -0.3 is 35.2 Å². The van der Waals surface area contributed by atoms with E-state index in [1.807, 2.05) is 0 Å². The fourth-order valence-corrected chi connectivity index (χ4v) is 2.06. The smallest absolute Gasteiger partial charge is 0.410 e. The van der Waals surface area contributed by atoms with E-state index in [1.54, 1.807) is 27.7 Å². The van der Waals surface area contributed by atoms with E-state index in [0.29, 0.717) is 25.3 Å². The number of carbonyl (C=O) groups is 3. The van der Waals surface area contributed by atoms with Gasteiger partial charge in [0, 0.05) is 7.05 Å². The third kappa shape index (κ3) is 10.9. The summed E-state index contributed by atoms with van der Waals surface area (Å²) in [5.41, 5.74) is 5.19. The molecule has 2 unspecified atom stereocenters. The van der Waals surface area contributed by atoms with E-state index in [4.69, 9.17) is 20.4 Å². The maximum atomic E-state index is 12.4. The van der Waals surface area contributed by atoms with Crippen LogP contribution in [0.2, 0.25) is 0 Å². The van der Waals surface area contributed by atoms with Gasteiger partial charge in [0.1, 0.15) is 5.60 Å². The van der Waals surface area contributed by atoms with Crippen LogP contribution in [-0.2, 0) is 23.9 Å². The second kappa shape index (κ2) is 11.9. The molecular weight excluding hydrogens is 386 g/mol. The minimum atomic E-state index is -1.56.